The Hall–Kier alpha value is -2.61. The number of nitrogens with one attached hydrogen (secondary N) is 2. The van der Waals surface area contributed by atoms with Crippen molar-refractivity contribution in [2.45, 2.75) is 0 Å². The van der Waals surface area contributed by atoms with Gasteiger partial charge in [-0.2, -0.15) is 0 Å². The summed E-state index contributed by atoms with van der Waals surface area (Å²) >= 11 is 0. The first-order valence-corrected chi connectivity index (χ1v) is 8.74. The Balaban J connectivity index is 0.000000194. The summed E-state index contributed by atoms with van der Waals surface area (Å²) in [6, 6.07) is 15.9. The molecule has 0 saturated heterocycles. The van der Waals surface area contributed by atoms with Crippen molar-refractivity contribution < 1.29 is 26.6 Å². The number of hydrogen-bond donors (Lipinski definition) is 2. The average Bonchev–Trinajstić information content (AvgIpc) is 3.13. The van der Waals surface area contributed by atoms with E-state index >= 15 is 0 Å². The van der Waals surface area contributed by atoms with Crippen LogP contribution in [0.25, 0.3) is 22.1 Å². The molecule has 0 aliphatic rings. The van der Waals surface area contributed by atoms with E-state index in [1.807, 2.05) is 48.5 Å². The van der Waals surface area contributed by atoms with E-state index < -0.39 is 7.81 Å². The van der Waals surface area contributed by atoms with Gasteiger partial charge in [0.2, 0.25) is 0 Å². The number of aromatic nitrogens is 4. The summed E-state index contributed by atoms with van der Waals surface area (Å²) in [5.74, 6) is 0. The van der Waals surface area contributed by atoms with Crippen LogP contribution in [0.2, 0.25) is 0 Å². The van der Waals surface area contributed by atoms with E-state index in [0.717, 1.165) is 22.1 Å². The van der Waals surface area contributed by atoms with Crippen LogP contribution in [0.1, 0.15) is 1.43 Å². The summed E-state index contributed by atoms with van der Waals surface area (Å²) in [4.78, 5) is 14.1. The molecule has 2 aromatic carbocycles. The second-order valence-corrected chi connectivity index (χ2v) is 6.71. The van der Waals surface area contributed by atoms with Crippen molar-refractivity contribution in [2.75, 3.05) is 0 Å². The molecule has 0 unspecified atom stereocenters. The number of benzene rings is 2. The molecule has 0 bridgehead atoms. The van der Waals surface area contributed by atoms with Crippen molar-refractivity contribution in [1.82, 2.24) is 19.9 Å². The maximum Gasteiger partial charge on any atom is 1.00 e. The summed E-state index contributed by atoms with van der Waals surface area (Å²) in [7, 11) is -10.7. The third-order valence-electron chi connectivity index (χ3n) is 2.66. The third kappa shape index (κ3) is 8.16. The van der Waals surface area contributed by atoms with Crippen LogP contribution in [0.5, 0.6) is 0 Å². The summed E-state index contributed by atoms with van der Waals surface area (Å²) in [6.45, 7) is 0. The zero-order valence-electron chi connectivity index (χ0n) is 13.4. The Labute approximate surface area is 138 Å². The van der Waals surface area contributed by atoms with Gasteiger partial charge < -0.3 is 9.97 Å². The van der Waals surface area contributed by atoms with E-state index in [1.54, 1.807) is 12.7 Å². The van der Waals surface area contributed by atoms with Gasteiger partial charge in [0.25, 0.3) is 0 Å². The van der Waals surface area contributed by atoms with Crippen molar-refractivity contribution in [2.24, 2.45) is 0 Å². The summed E-state index contributed by atoms with van der Waals surface area (Å²) in [5, 5.41) is 0. The molecule has 11 heteroatoms. The standard InChI is InChI=1S/2C7H6N2.F6P/c2*1-2-4-7-6(3-1)8-5-9-7;1-7(2,3,4,5)6/h2*1-5H,(H,8,9);/q;;-1/p+1. The molecule has 4 nitrogen and oxygen atoms in total. The summed E-state index contributed by atoms with van der Waals surface area (Å²) < 4.78 is 59.2. The quantitative estimate of drug-likeness (QED) is 0.265. The Morgan fingerprint density at radius 2 is 0.960 bits per heavy atom. The topological polar surface area (TPSA) is 57.4 Å². The van der Waals surface area contributed by atoms with Gasteiger partial charge in [-0.25, -0.2) is 9.97 Å². The van der Waals surface area contributed by atoms with Crippen LogP contribution in [0.4, 0.5) is 25.2 Å². The minimum absolute atomic E-state index is 0. The molecule has 0 saturated carbocycles. The zero-order valence-corrected chi connectivity index (χ0v) is 13.3. The van der Waals surface area contributed by atoms with Crippen LogP contribution in [-0.2, 0) is 0 Å². The molecule has 0 amide bonds. The molecule has 4 aromatic rings. The first-order valence-electron chi connectivity index (χ1n) is 6.71. The molecular weight excluding hydrogens is 369 g/mol. The van der Waals surface area contributed by atoms with Gasteiger partial charge in [0.1, 0.15) is 0 Å². The summed E-state index contributed by atoms with van der Waals surface area (Å²) in [5.41, 5.74) is 4.24. The molecule has 0 aliphatic heterocycles. The van der Waals surface area contributed by atoms with E-state index in [-0.39, 0.29) is 1.43 Å². The molecule has 136 valence electrons. The number of imidazole rings is 2. The maximum absolute atomic E-state index is 10.7. The Morgan fingerprint density at radius 3 is 1.28 bits per heavy atom. The van der Waals surface area contributed by atoms with E-state index in [2.05, 4.69) is 19.9 Å². The Kier molecular flexibility index (Phi) is 4.52. The van der Waals surface area contributed by atoms with E-state index in [1.165, 1.54) is 0 Å². The summed E-state index contributed by atoms with van der Waals surface area (Å²) in [6.07, 6.45) is 3.40. The van der Waals surface area contributed by atoms with Gasteiger partial charge in [-0.15, -0.1) is 0 Å². The zero-order chi connectivity index (χ0) is 18.6. The van der Waals surface area contributed by atoms with E-state index in [0.29, 0.717) is 0 Å². The van der Waals surface area contributed by atoms with Crippen LogP contribution in [0.15, 0.2) is 61.2 Å². The fourth-order valence-electron chi connectivity index (χ4n) is 1.76. The predicted octanol–water partition coefficient (Wildman–Crippen LogP) is 6.62. The monoisotopic (exact) mass is 382 g/mol. The third-order valence-corrected chi connectivity index (χ3v) is 2.66. The second kappa shape index (κ2) is 6.03. The number of halogens is 6. The van der Waals surface area contributed by atoms with Crippen LogP contribution in [0.3, 0.4) is 0 Å². The normalized spacial score (nSPS) is 13.8. The molecule has 0 fully saturated rings. The van der Waals surface area contributed by atoms with Gasteiger partial charge in [-0.1, -0.05) is 24.3 Å². The largest absolute Gasteiger partial charge is 1.00 e. The molecule has 0 aliphatic carbocycles. The molecular formula is C14H13F6N4P. The number of para-hydroxylation sites is 4. The molecule has 2 heterocycles. The predicted molar refractivity (Wildman–Crippen MR) is 86.9 cm³/mol. The number of aromatic amines is 2. The van der Waals surface area contributed by atoms with Crippen molar-refractivity contribution in [3.63, 3.8) is 0 Å². The van der Waals surface area contributed by atoms with Crippen LogP contribution in [0, 0.1) is 0 Å². The second-order valence-electron chi connectivity index (χ2n) is 4.80. The first kappa shape index (κ1) is 18.7. The SMILES string of the molecule is F[P-](F)(F)(F)(F)F.[H+].c1ccc2[nH]cnc2c1.c1ccc2[nH]cnc2c1. The van der Waals surface area contributed by atoms with E-state index in [9.17, 15) is 25.2 Å². The van der Waals surface area contributed by atoms with Gasteiger partial charge in [0.15, 0.2) is 0 Å². The smallest absolute Gasteiger partial charge is 0.345 e. The van der Waals surface area contributed by atoms with Crippen LogP contribution < -0.4 is 0 Å². The van der Waals surface area contributed by atoms with Gasteiger partial charge in [0.05, 0.1) is 34.7 Å². The number of fused-ring (bicyclic) bond motifs is 2. The molecule has 2 N–H and O–H groups in total. The van der Waals surface area contributed by atoms with Crippen molar-refractivity contribution in [3.8, 4) is 0 Å². The molecule has 0 radical (unpaired) electrons. The maximum atomic E-state index is 9.87. The fraction of sp³-hybridized carbons (Fsp3) is 0. The van der Waals surface area contributed by atoms with Crippen molar-refractivity contribution >= 4 is 29.9 Å². The van der Waals surface area contributed by atoms with Gasteiger partial charge >= 0.3 is 34.4 Å². The molecule has 4 rings (SSSR count). The average molecular weight is 382 g/mol. The van der Waals surface area contributed by atoms with Gasteiger partial charge in [0, 0.05) is 0 Å². The fourth-order valence-corrected chi connectivity index (χ4v) is 1.76. The molecule has 25 heavy (non-hydrogen) atoms. The van der Waals surface area contributed by atoms with Gasteiger partial charge in [-0.3, -0.25) is 0 Å². The first-order chi connectivity index (χ1) is 11.4. The van der Waals surface area contributed by atoms with E-state index in [4.69, 9.17) is 0 Å². The van der Waals surface area contributed by atoms with Crippen molar-refractivity contribution in [3.05, 3.63) is 61.2 Å². The number of nitrogens with zero attached hydrogens (tertiary/aromatic N) is 2. The Morgan fingerprint density at radius 1 is 0.640 bits per heavy atom. The number of H-pyrrole nitrogens is 2. The minimum Gasteiger partial charge on any atom is -0.345 e. The number of hydrogen-bond acceptors (Lipinski definition) is 2. The Bertz CT molecular complexity index is 830. The molecule has 2 aromatic heterocycles. The number of rotatable bonds is 0. The minimum atomic E-state index is -10.7. The van der Waals surface area contributed by atoms with Crippen LogP contribution >= 0.6 is 7.81 Å². The van der Waals surface area contributed by atoms with Gasteiger partial charge in [-0.05, 0) is 24.3 Å². The molecule has 0 atom stereocenters. The van der Waals surface area contributed by atoms with Crippen LogP contribution in [-0.4, -0.2) is 19.9 Å². The molecule has 0 spiro atoms. The van der Waals surface area contributed by atoms with Crippen molar-refractivity contribution in [1.29, 1.82) is 0 Å².